The van der Waals surface area contributed by atoms with Crippen LogP contribution in [0.3, 0.4) is 0 Å². The van der Waals surface area contributed by atoms with Crippen molar-refractivity contribution < 1.29 is 19.1 Å². The summed E-state index contributed by atoms with van der Waals surface area (Å²) in [7, 11) is 0. The second-order valence-electron chi connectivity index (χ2n) is 7.95. The van der Waals surface area contributed by atoms with Gasteiger partial charge in [-0.2, -0.15) is 0 Å². The van der Waals surface area contributed by atoms with Crippen LogP contribution in [0.2, 0.25) is 5.02 Å². The average Bonchev–Trinajstić information content (AvgIpc) is 2.74. The number of nitrogens with zero attached hydrogens (tertiary/aromatic N) is 2. The molecule has 2 aromatic rings. The maximum atomic E-state index is 13.2. The summed E-state index contributed by atoms with van der Waals surface area (Å²) in [5.74, 6) is -0.735. The fourth-order valence-corrected chi connectivity index (χ4v) is 3.95. The minimum absolute atomic E-state index is 0.221. The summed E-state index contributed by atoms with van der Waals surface area (Å²) in [6, 6.07) is 11.0. The van der Waals surface area contributed by atoms with Crippen LogP contribution < -0.4 is 5.32 Å². The second kappa shape index (κ2) is 10.7. The molecule has 32 heavy (non-hydrogen) atoms. The van der Waals surface area contributed by atoms with Crippen LogP contribution in [0.4, 0.5) is 10.1 Å². The minimum atomic E-state index is -0.714. The van der Waals surface area contributed by atoms with Gasteiger partial charge in [0.05, 0.1) is 12.1 Å². The summed E-state index contributed by atoms with van der Waals surface area (Å²) in [5.41, 5.74) is 2.15. The zero-order chi connectivity index (χ0) is 23.3. The molecule has 1 saturated heterocycles. The summed E-state index contributed by atoms with van der Waals surface area (Å²) >= 11 is 6.02. The summed E-state index contributed by atoms with van der Waals surface area (Å²) in [6.45, 7) is 5.29. The van der Waals surface area contributed by atoms with Crippen LogP contribution in [0.25, 0.3) is 6.08 Å². The molecule has 0 bridgehead atoms. The molecule has 1 aliphatic heterocycles. The summed E-state index contributed by atoms with van der Waals surface area (Å²) in [5, 5.41) is 13.5. The van der Waals surface area contributed by atoms with Crippen molar-refractivity contribution in [2.24, 2.45) is 0 Å². The van der Waals surface area contributed by atoms with Crippen LogP contribution in [-0.2, 0) is 16.1 Å². The van der Waals surface area contributed by atoms with Crippen molar-refractivity contribution in [3.63, 3.8) is 0 Å². The first-order chi connectivity index (χ1) is 15.2. The lowest BCUT2D eigenvalue weighted by molar-refractivity contribution is -0.134. The molecule has 0 radical (unpaired) electrons. The van der Waals surface area contributed by atoms with Crippen LogP contribution in [0.5, 0.6) is 0 Å². The van der Waals surface area contributed by atoms with Crippen molar-refractivity contribution in [3.8, 4) is 0 Å². The molecule has 0 aliphatic carbocycles. The zero-order valence-corrected chi connectivity index (χ0v) is 18.8. The number of aliphatic hydroxyl groups excluding tert-OH is 1. The number of aliphatic hydroxyl groups is 1. The topological polar surface area (TPSA) is 72.9 Å². The van der Waals surface area contributed by atoms with Crippen molar-refractivity contribution in [2.45, 2.75) is 32.5 Å². The van der Waals surface area contributed by atoms with E-state index in [1.165, 1.54) is 25.1 Å². The molecular formula is C24H27ClFN3O3. The Morgan fingerprint density at radius 1 is 1.25 bits per heavy atom. The quantitative estimate of drug-likeness (QED) is 0.648. The number of rotatable bonds is 6. The van der Waals surface area contributed by atoms with E-state index in [1.54, 1.807) is 48.2 Å². The first kappa shape index (κ1) is 23.9. The molecule has 2 N–H and O–H groups in total. The molecule has 0 saturated carbocycles. The van der Waals surface area contributed by atoms with E-state index in [1.807, 2.05) is 0 Å². The van der Waals surface area contributed by atoms with Gasteiger partial charge in [0.2, 0.25) is 11.8 Å². The molecule has 2 amide bonds. The summed E-state index contributed by atoms with van der Waals surface area (Å²) in [4.78, 5) is 28.2. The highest BCUT2D eigenvalue weighted by Gasteiger charge is 2.32. The summed E-state index contributed by atoms with van der Waals surface area (Å²) in [6.07, 6.45) is 2.36. The maximum absolute atomic E-state index is 13.2. The molecule has 1 fully saturated rings. The molecule has 1 aliphatic rings. The molecule has 2 aromatic carbocycles. The Labute approximate surface area is 192 Å². The lowest BCUT2D eigenvalue weighted by atomic mass is 10.1. The smallest absolute Gasteiger partial charge is 0.247 e. The van der Waals surface area contributed by atoms with Gasteiger partial charge in [-0.15, -0.1) is 0 Å². The Morgan fingerprint density at radius 3 is 2.62 bits per heavy atom. The van der Waals surface area contributed by atoms with Crippen LogP contribution in [0.15, 0.2) is 48.5 Å². The van der Waals surface area contributed by atoms with Gasteiger partial charge in [-0.25, -0.2) is 4.39 Å². The summed E-state index contributed by atoms with van der Waals surface area (Å²) < 4.78 is 13.2. The van der Waals surface area contributed by atoms with Gasteiger partial charge < -0.3 is 15.3 Å². The Morgan fingerprint density at radius 2 is 1.97 bits per heavy atom. The molecule has 8 heteroatoms. The number of hydrogen-bond donors (Lipinski definition) is 2. The number of piperazine rings is 1. The van der Waals surface area contributed by atoms with E-state index in [0.29, 0.717) is 42.5 Å². The number of hydrogen-bond acceptors (Lipinski definition) is 4. The fraction of sp³-hybridized carbons (Fsp3) is 0.333. The Bertz CT molecular complexity index is 994. The van der Waals surface area contributed by atoms with Crippen molar-refractivity contribution in [3.05, 3.63) is 70.5 Å². The Hall–Kier alpha value is -2.74. The molecular weight excluding hydrogens is 433 g/mol. The normalized spacial score (nSPS) is 18.0. The van der Waals surface area contributed by atoms with Crippen molar-refractivity contribution in [2.75, 3.05) is 25.0 Å². The largest absolute Gasteiger partial charge is 0.391 e. The van der Waals surface area contributed by atoms with Gasteiger partial charge in [0.25, 0.3) is 0 Å². The van der Waals surface area contributed by atoms with Gasteiger partial charge in [0.15, 0.2) is 0 Å². The number of carbonyl (C=O) groups is 2. The third-order valence-electron chi connectivity index (χ3n) is 5.39. The van der Waals surface area contributed by atoms with E-state index in [0.717, 1.165) is 5.56 Å². The van der Waals surface area contributed by atoms with E-state index in [9.17, 15) is 19.1 Å². The highest BCUT2D eigenvalue weighted by molar-refractivity contribution is 6.31. The van der Waals surface area contributed by atoms with Gasteiger partial charge in [0, 0.05) is 49.9 Å². The molecule has 170 valence electrons. The Balaban J connectivity index is 1.70. The minimum Gasteiger partial charge on any atom is -0.391 e. The van der Waals surface area contributed by atoms with E-state index in [-0.39, 0.29) is 23.7 Å². The lowest BCUT2D eigenvalue weighted by Gasteiger charge is -2.42. The predicted molar refractivity (Wildman–Crippen MR) is 124 cm³/mol. The number of halogens is 2. The highest BCUT2D eigenvalue weighted by atomic mass is 35.5. The molecule has 3 rings (SSSR count). The number of amides is 2. The van der Waals surface area contributed by atoms with Crippen molar-refractivity contribution in [1.29, 1.82) is 0 Å². The molecule has 0 spiro atoms. The van der Waals surface area contributed by atoms with Gasteiger partial charge in [-0.05, 0) is 48.4 Å². The molecule has 0 aromatic heterocycles. The maximum Gasteiger partial charge on any atom is 0.247 e. The number of benzene rings is 2. The van der Waals surface area contributed by atoms with E-state index >= 15 is 0 Å². The van der Waals surface area contributed by atoms with E-state index in [2.05, 4.69) is 10.2 Å². The SMILES string of the molecule is CC(=O)Nc1cc(Cl)ccc1C=CC(=O)N1CCN(Cc2ccc(F)cc2)CC1C(C)O. The monoisotopic (exact) mass is 459 g/mol. The van der Waals surface area contributed by atoms with Gasteiger partial charge in [-0.3, -0.25) is 14.5 Å². The Kier molecular flexibility index (Phi) is 8.01. The third kappa shape index (κ3) is 6.38. The van der Waals surface area contributed by atoms with E-state index < -0.39 is 6.10 Å². The van der Waals surface area contributed by atoms with Crippen LogP contribution >= 0.6 is 11.6 Å². The lowest BCUT2D eigenvalue weighted by Crippen LogP contribution is -2.58. The highest BCUT2D eigenvalue weighted by Crippen LogP contribution is 2.23. The van der Waals surface area contributed by atoms with Gasteiger partial charge in [0.1, 0.15) is 5.82 Å². The first-order valence-electron chi connectivity index (χ1n) is 10.4. The molecule has 1 heterocycles. The molecule has 2 unspecified atom stereocenters. The van der Waals surface area contributed by atoms with Crippen LogP contribution in [0, 0.1) is 5.82 Å². The average molecular weight is 460 g/mol. The zero-order valence-electron chi connectivity index (χ0n) is 18.1. The fourth-order valence-electron chi connectivity index (χ4n) is 3.78. The molecule has 2 atom stereocenters. The standard InChI is InChI=1S/C24H27ClFN3O3/c1-16(30)23-15-28(14-18-3-8-21(26)9-4-18)11-12-29(23)24(32)10-6-19-5-7-20(25)13-22(19)27-17(2)31/h3-10,13,16,23,30H,11-12,14-15H2,1-2H3,(H,27,31). The first-order valence-corrected chi connectivity index (χ1v) is 10.8. The number of carbonyl (C=O) groups excluding carboxylic acids is 2. The number of anilines is 1. The van der Waals surface area contributed by atoms with Crippen molar-refractivity contribution in [1.82, 2.24) is 9.80 Å². The second-order valence-corrected chi connectivity index (χ2v) is 8.38. The van der Waals surface area contributed by atoms with Crippen LogP contribution in [0.1, 0.15) is 25.0 Å². The number of nitrogens with one attached hydrogen (secondary N) is 1. The predicted octanol–water partition coefficient (Wildman–Crippen LogP) is 3.54. The van der Waals surface area contributed by atoms with E-state index in [4.69, 9.17) is 11.6 Å². The van der Waals surface area contributed by atoms with Gasteiger partial charge >= 0.3 is 0 Å². The van der Waals surface area contributed by atoms with Crippen LogP contribution in [-0.4, -0.2) is 58.5 Å². The molecule has 6 nitrogen and oxygen atoms in total. The van der Waals surface area contributed by atoms with Crippen molar-refractivity contribution >= 4 is 35.2 Å². The third-order valence-corrected chi connectivity index (χ3v) is 5.63. The van der Waals surface area contributed by atoms with Gasteiger partial charge in [-0.1, -0.05) is 29.8 Å².